The number of ether oxygens (including phenoxy) is 1. The Hall–Kier alpha value is -1.13. The SMILES string of the molecule is COc1ncc([C@H](N)CO)cc1C. The smallest absolute Gasteiger partial charge is 0.215 e. The molecule has 1 aromatic rings. The first-order chi connectivity index (χ1) is 6.19. The number of rotatable bonds is 3. The summed E-state index contributed by atoms with van der Waals surface area (Å²) in [6.45, 7) is 1.81. The summed E-state index contributed by atoms with van der Waals surface area (Å²) in [5, 5.41) is 8.82. The molecule has 0 bridgehead atoms. The number of aliphatic hydroxyl groups is 1. The fourth-order valence-electron chi connectivity index (χ4n) is 1.11. The van der Waals surface area contributed by atoms with Crippen LogP contribution < -0.4 is 10.5 Å². The first-order valence-electron chi connectivity index (χ1n) is 4.06. The van der Waals surface area contributed by atoms with Gasteiger partial charge in [0.2, 0.25) is 5.88 Å². The van der Waals surface area contributed by atoms with Crippen LogP contribution in [0.25, 0.3) is 0 Å². The Kier molecular flexibility index (Phi) is 3.22. The van der Waals surface area contributed by atoms with Crippen molar-refractivity contribution in [3.05, 3.63) is 23.4 Å². The summed E-state index contributed by atoms with van der Waals surface area (Å²) in [4.78, 5) is 4.05. The molecule has 1 rings (SSSR count). The normalized spacial score (nSPS) is 12.6. The molecule has 4 nitrogen and oxygen atoms in total. The lowest BCUT2D eigenvalue weighted by Gasteiger charge is -2.10. The lowest BCUT2D eigenvalue weighted by molar-refractivity contribution is 0.267. The molecule has 1 aromatic heterocycles. The van der Waals surface area contributed by atoms with Gasteiger partial charge in [-0.2, -0.15) is 0 Å². The average molecular weight is 182 g/mol. The molecule has 0 spiro atoms. The Balaban J connectivity index is 2.95. The lowest BCUT2D eigenvalue weighted by atomic mass is 10.1. The van der Waals surface area contributed by atoms with E-state index in [1.165, 1.54) is 0 Å². The van der Waals surface area contributed by atoms with Gasteiger partial charge in [-0.3, -0.25) is 0 Å². The van der Waals surface area contributed by atoms with Crippen molar-refractivity contribution in [2.45, 2.75) is 13.0 Å². The zero-order valence-electron chi connectivity index (χ0n) is 7.82. The molecule has 0 unspecified atom stereocenters. The van der Waals surface area contributed by atoms with Crippen LogP contribution in [0.5, 0.6) is 5.88 Å². The van der Waals surface area contributed by atoms with Crippen molar-refractivity contribution in [1.29, 1.82) is 0 Å². The molecule has 0 fully saturated rings. The summed E-state index contributed by atoms with van der Waals surface area (Å²) in [5.74, 6) is 0.592. The highest BCUT2D eigenvalue weighted by molar-refractivity contribution is 5.29. The molecule has 0 amide bonds. The van der Waals surface area contributed by atoms with Crippen LogP contribution in [0.2, 0.25) is 0 Å². The number of hydrogen-bond donors (Lipinski definition) is 2. The van der Waals surface area contributed by atoms with E-state index in [0.717, 1.165) is 11.1 Å². The molecule has 1 atom stereocenters. The Morgan fingerprint density at radius 1 is 1.69 bits per heavy atom. The number of methoxy groups -OCH3 is 1. The molecule has 0 saturated carbocycles. The van der Waals surface area contributed by atoms with Crippen molar-refractivity contribution in [3.63, 3.8) is 0 Å². The van der Waals surface area contributed by atoms with Crippen LogP contribution in [0.1, 0.15) is 17.2 Å². The maximum atomic E-state index is 8.82. The lowest BCUT2D eigenvalue weighted by Crippen LogP contribution is -2.15. The molecule has 3 N–H and O–H groups in total. The minimum Gasteiger partial charge on any atom is -0.481 e. The fourth-order valence-corrected chi connectivity index (χ4v) is 1.11. The summed E-state index contributed by atoms with van der Waals surface area (Å²) >= 11 is 0. The molecule has 0 aliphatic heterocycles. The standard InChI is InChI=1S/C9H14N2O2/c1-6-3-7(8(10)5-12)4-11-9(6)13-2/h3-4,8,12H,5,10H2,1-2H3/t8-/m1/s1. The third kappa shape index (κ3) is 2.17. The van der Waals surface area contributed by atoms with Crippen molar-refractivity contribution in [1.82, 2.24) is 4.98 Å². The van der Waals surface area contributed by atoms with E-state index < -0.39 is 0 Å². The van der Waals surface area contributed by atoms with Gasteiger partial charge in [-0.05, 0) is 18.6 Å². The van der Waals surface area contributed by atoms with E-state index >= 15 is 0 Å². The van der Waals surface area contributed by atoms with Gasteiger partial charge >= 0.3 is 0 Å². The van der Waals surface area contributed by atoms with Crippen LogP contribution in [0.3, 0.4) is 0 Å². The third-order valence-corrected chi connectivity index (χ3v) is 1.87. The first kappa shape index (κ1) is 9.95. The number of aliphatic hydroxyl groups excluding tert-OH is 1. The van der Waals surface area contributed by atoms with Gasteiger partial charge in [0.1, 0.15) is 0 Å². The Morgan fingerprint density at radius 3 is 2.85 bits per heavy atom. The van der Waals surface area contributed by atoms with Gasteiger partial charge in [-0.15, -0.1) is 0 Å². The summed E-state index contributed by atoms with van der Waals surface area (Å²) in [7, 11) is 1.57. The molecule has 72 valence electrons. The molecule has 0 radical (unpaired) electrons. The molecule has 13 heavy (non-hydrogen) atoms. The summed E-state index contributed by atoms with van der Waals surface area (Å²) in [5.41, 5.74) is 7.36. The predicted octanol–water partition coefficient (Wildman–Crippen LogP) is 0.391. The summed E-state index contributed by atoms with van der Waals surface area (Å²) < 4.78 is 5.00. The van der Waals surface area contributed by atoms with Crippen molar-refractivity contribution in [3.8, 4) is 5.88 Å². The van der Waals surface area contributed by atoms with Crippen molar-refractivity contribution < 1.29 is 9.84 Å². The monoisotopic (exact) mass is 182 g/mol. The molecular weight excluding hydrogens is 168 g/mol. The van der Waals surface area contributed by atoms with E-state index in [0.29, 0.717) is 5.88 Å². The largest absolute Gasteiger partial charge is 0.481 e. The second kappa shape index (κ2) is 4.20. The molecule has 4 heteroatoms. The minimum absolute atomic E-state index is 0.0759. The number of hydrogen-bond acceptors (Lipinski definition) is 4. The quantitative estimate of drug-likeness (QED) is 0.709. The molecule has 0 aromatic carbocycles. The van der Waals surface area contributed by atoms with Crippen LogP contribution >= 0.6 is 0 Å². The maximum Gasteiger partial charge on any atom is 0.215 e. The highest BCUT2D eigenvalue weighted by Crippen LogP contribution is 2.17. The molecule has 0 aliphatic rings. The highest BCUT2D eigenvalue weighted by atomic mass is 16.5. The Labute approximate surface area is 77.4 Å². The number of nitrogens with two attached hydrogens (primary N) is 1. The van der Waals surface area contributed by atoms with Crippen LogP contribution in [-0.2, 0) is 0 Å². The Bertz CT molecular complexity index is 289. The van der Waals surface area contributed by atoms with Crippen LogP contribution in [0, 0.1) is 6.92 Å². The molecule has 0 aliphatic carbocycles. The van der Waals surface area contributed by atoms with Gasteiger partial charge in [0.15, 0.2) is 0 Å². The molecule has 0 saturated heterocycles. The number of pyridine rings is 1. The topological polar surface area (TPSA) is 68.4 Å². The first-order valence-corrected chi connectivity index (χ1v) is 4.06. The van der Waals surface area contributed by atoms with Gasteiger partial charge < -0.3 is 15.6 Å². The molecule has 1 heterocycles. The second-order valence-electron chi connectivity index (χ2n) is 2.88. The van der Waals surface area contributed by atoms with Gasteiger partial charge in [-0.25, -0.2) is 4.98 Å². The highest BCUT2D eigenvalue weighted by Gasteiger charge is 2.07. The predicted molar refractivity (Wildman–Crippen MR) is 49.5 cm³/mol. The number of aryl methyl sites for hydroxylation is 1. The van der Waals surface area contributed by atoms with E-state index in [4.69, 9.17) is 15.6 Å². The minimum atomic E-state index is -0.364. The van der Waals surface area contributed by atoms with Gasteiger partial charge in [0.25, 0.3) is 0 Å². The fraction of sp³-hybridized carbons (Fsp3) is 0.444. The van der Waals surface area contributed by atoms with Crippen molar-refractivity contribution in [2.75, 3.05) is 13.7 Å². The van der Waals surface area contributed by atoms with Gasteiger partial charge in [0.05, 0.1) is 19.8 Å². The van der Waals surface area contributed by atoms with Crippen LogP contribution in [0.4, 0.5) is 0 Å². The summed E-state index contributed by atoms with van der Waals surface area (Å²) in [6.07, 6.45) is 1.62. The van der Waals surface area contributed by atoms with Crippen LogP contribution in [-0.4, -0.2) is 23.8 Å². The van der Waals surface area contributed by atoms with E-state index in [1.807, 2.05) is 13.0 Å². The summed E-state index contributed by atoms with van der Waals surface area (Å²) in [6, 6.07) is 1.50. The van der Waals surface area contributed by atoms with Crippen molar-refractivity contribution in [2.24, 2.45) is 5.73 Å². The van der Waals surface area contributed by atoms with E-state index in [9.17, 15) is 0 Å². The third-order valence-electron chi connectivity index (χ3n) is 1.87. The Morgan fingerprint density at radius 2 is 2.38 bits per heavy atom. The number of aromatic nitrogens is 1. The van der Waals surface area contributed by atoms with Crippen LogP contribution in [0.15, 0.2) is 12.3 Å². The van der Waals surface area contributed by atoms with Gasteiger partial charge in [-0.1, -0.05) is 0 Å². The van der Waals surface area contributed by atoms with E-state index in [2.05, 4.69) is 4.98 Å². The van der Waals surface area contributed by atoms with Crippen molar-refractivity contribution >= 4 is 0 Å². The van der Waals surface area contributed by atoms with E-state index in [-0.39, 0.29) is 12.6 Å². The number of nitrogens with zero attached hydrogens (tertiary/aromatic N) is 1. The van der Waals surface area contributed by atoms with Gasteiger partial charge in [0, 0.05) is 11.8 Å². The zero-order chi connectivity index (χ0) is 9.84. The maximum absolute atomic E-state index is 8.82. The second-order valence-corrected chi connectivity index (χ2v) is 2.88. The van der Waals surface area contributed by atoms with E-state index in [1.54, 1.807) is 13.3 Å². The average Bonchev–Trinajstić information content (AvgIpc) is 2.16. The molecular formula is C9H14N2O2. The zero-order valence-corrected chi connectivity index (χ0v) is 7.82.